The van der Waals surface area contributed by atoms with E-state index in [0.29, 0.717) is 16.8 Å². The number of nitrogens with zero attached hydrogens (tertiary/aromatic N) is 2. The standard InChI is InChI=1S/C14H17FN2/c1-5-12(9(2)3)14(7-16)13-6-11(15)8-17-10(13)4/h6,8-9H,5H2,1-4H3. The Kier molecular flexibility index (Phi) is 4.39. The fourth-order valence-corrected chi connectivity index (χ4v) is 1.94. The number of allylic oxidation sites excluding steroid dienone is 2. The van der Waals surface area contributed by atoms with Gasteiger partial charge in [0.15, 0.2) is 0 Å². The average Bonchev–Trinajstić information content (AvgIpc) is 2.28. The number of aryl methyl sites for hydroxylation is 1. The molecule has 0 bridgehead atoms. The van der Waals surface area contributed by atoms with E-state index in [2.05, 4.69) is 11.1 Å². The van der Waals surface area contributed by atoms with Gasteiger partial charge in [-0.25, -0.2) is 4.39 Å². The van der Waals surface area contributed by atoms with Crippen molar-refractivity contribution in [3.8, 4) is 6.07 Å². The van der Waals surface area contributed by atoms with Gasteiger partial charge in [-0.2, -0.15) is 5.26 Å². The van der Waals surface area contributed by atoms with Crippen LogP contribution in [0, 0.1) is 30.0 Å². The van der Waals surface area contributed by atoms with E-state index < -0.39 is 5.82 Å². The molecule has 3 heteroatoms. The second kappa shape index (κ2) is 5.58. The van der Waals surface area contributed by atoms with Gasteiger partial charge in [-0.05, 0) is 30.9 Å². The lowest BCUT2D eigenvalue weighted by Crippen LogP contribution is -2.01. The average molecular weight is 232 g/mol. The summed E-state index contributed by atoms with van der Waals surface area (Å²) in [6, 6.07) is 3.58. The maximum absolute atomic E-state index is 13.2. The number of hydrogen-bond acceptors (Lipinski definition) is 2. The lowest BCUT2D eigenvalue weighted by atomic mass is 9.91. The summed E-state index contributed by atoms with van der Waals surface area (Å²) in [5.74, 6) is -0.130. The second-order valence-electron chi connectivity index (χ2n) is 4.31. The van der Waals surface area contributed by atoms with E-state index in [0.717, 1.165) is 12.0 Å². The molecule has 0 amide bonds. The zero-order valence-corrected chi connectivity index (χ0v) is 10.7. The lowest BCUT2D eigenvalue weighted by molar-refractivity contribution is 0.619. The molecule has 1 aromatic heterocycles. The van der Waals surface area contributed by atoms with Crippen molar-refractivity contribution >= 4 is 5.57 Å². The molecule has 0 unspecified atom stereocenters. The molecule has 0 radical (unpaired) electrons. The third-order valence-electron chi connectivity index (χ3n) is 2.83. The number of halogens is 1. The predicted molar refractivity (Wildman–Crippen MR) is 66.6 cm³/mol. The molecule has 1 heterocycles. The minimum absolute atomic E-state index is 0.275. The number of hydrogen-bond donors (Lipinski definition) is 0. The Labute approximate surface area is 102 Å². The van der Waals surface area contributed by atoms with E-state index in [9.17, 15) is 9.65 Å². The first-order chi connectivity index (χ1) is 8.01. The summed E-state index contributed by atoms with van der Waals surface area (Å²) in [7, 11) is 0. The summed E-state index contributed by atoms with van der Waals surface area (Å²) < 4.78 is 13.2. The molecule has 0 saturated carbocycles. The molecule has 90 valence electrons. The summed E-state index contributed by atoms with van der Waals surface area (Å²) in [5.41, 5.74) is 2.91. The molecular weight excluding hydrogens is 215 g/mol. The number of pyridine rings is 1. The molecule has 0 aliphatic heterocycles. The summed E-state index contributed by atoms with van der Waals surface area (Å²) in [6.07, 6.45) is 1.96. The first kappa shape index (κ1) is 13.4. The van der Waals surface area contributed by atoms with E-state index in [1.54, 1.807) is 6.92 Å². The number of nitriles is 1. The minimum atomic E-state index is -0.405. The molecule has 1 aromatic rings. The smallest absolute Gasteiger partial charge is 0.142 e. The first-order valence-corrected chi connectivity index (χ1v) is 5.76. The molecule has 0 N–H and O–H groups in total. The van der Waals surface area contributed by atoms with E-state index in [1.165, 1.54) is 12.3 Å². The van der Waals surface area contributed by atoms with Crippen molar-refractivity contribution in [3.63, 3.8) is 0 Å². The molecule has 2 nitrogen and oxygen atoms in total. The highest BCUT2D eigenvalue weighted by Gasteiger charge is 2.14. The normalized spacial score (nSPS) is 12.3. The van der Waals surface area contributed by atoms with Crippen molar-refractivity contribution in [2.75, 3.05) is 0 Å². The Bertz CT molecular complexity index is 481. The van der Waals surface area contributed by atoms with Crippen LogP contribution >= 0.6 is 0 Å². The molecule has 0 fully saturated rings. The van der Waals surface area contributed by atoms with Crippen molar-refractivity contribution in [2.24, 2.45) is 5.92 Å². The van der Waals surface area contributed by atoms with Crippen LogP contribution in [0.4, 0.5) is 4.39 Å². The summed E-state index contributed by atoms with van der Waals surface area (Å²) in [5, 5.41) is 9.29. The molecule has 0 aliphatic carbocycles. The summed E-state index contributed by atoms with van der Waals surface area (Å²) in [6.45, 7) is 7.88. The lowest BCUT2D eigenvalue weighted by Gasteiger charge is -2.13. The minimum Gasteiger partial charge on any atom is -0.258 e. The van der Waals surface area contributed by atoms with Crippen LogP contribution in [0.5, 0.6) is 0 Å². The quantitative estimate of drug-likeness (QED) is 0.742. The predicted octanol–water partition coefficient (Wildman–Crippen LogP) is 3.87. The third kappa shape index (κ3) is 2.91. The zero-order valence-electron chi connectivity index (χ0n) is 10.7. The van der Waals surface area contributed by atoms with Crippen molar-refractivity contribution in [3.05, 3.63) is 34.9 Å². The monoisotopic (exact) mass is 232 g/mol. The highest BCUT2D eigenvalue weighted by molar-refractivity contribution is 5.80. The maximum Gasteiger partial charge on any atom is 0.142 e. The molecule has 0 spiro atoms. The molecule has 0 saturated heterocycles. The zero-order chi connectivity index (χ0) is 13.0. The topological polar surface area (TPSA) is 36.7 Å². The maximum atomic E-state index is 13.2. The van der Waals surface area contributed by atoms with Gasteiger partial charge in [-0.1, -0.05) is 20.8 Å². The van der Waals surface area contributed by atoms with Gasteiger partial charge in [0.2, 0.25) is 0 Å². The summed E-state index contributed by atoms with van der Waals surface area (Å²) in [4.78, 5) is 3.96. The van der Waals surface area contributed by atoms with Gasteiger partial charge in [0.1, 0.15) is 5.82 Å². The first-order valence-electron chi connectivity index (χ1n) is 5.76. The molecular formula is C14H17FN2. The Balaban J connectivity index is 3.46. The molecule has 0 atom stereocenters. The van der Waals surface area contributed by atoms with Gasteiger partial charge < -0.3 is 0 Å². The molecule has 17 heavy (non-hydrogen) atoms. The van der Waals surface area contributed by atoms with Gasteiger partial charge in [0.05, 0.1) is 17.8 Å². The van der Waals surface area contributed by atoms with Crippen LogP contribution in [0.1, 0.15) is 38.4 Å². The highest BCUT2D eigenvalue weighted by Crippen LogP contribution is 2.27. The Morgan fingerprint density at radius 1 is 1.53 bits per heavy atom. The van der Waals surface area contributed by atoms with Crippen LogP contribution in [0.25, 0.3) is 5.57 Å². The van der Waals surface area contributed by atoms with Crippen LogP contribution in [0.3, 0.4) is 0 Å². The van der Waals surface area contributed by atoms with Gasteiger partial charge in [0.25, 0.3) is 0 Å². The number of rotatable bonds is 3. The molecule has 0 aromatic carbocycles. The van der Waals surface area contributed by atoms with E-state index in [-0.39, 0.29) is 5.92 Å². The van der Waals surface area contributed by atoms with Crippen LogP contribution < -0.4 is 0 Å². The Hall–Kier alpha value is -1.69. The Morgan fingerprint density at radius 3 is 2.65 bits per heavy atom. The van der Waals surface area contributed by atoms with Crippen LogP contribution in [0.2, 0.25) is 0 Å². The third-order valence-corrected chi connectivity index (χ3v) is 2.83. The largest absolute Gasteiger partial charge is 0.258 e. The molecule has 0 aliphatic rings. The van der Waals surface area contributed by atoms with E-state index in [4.69, 9.17) is 0 Å². The second-order valence-corrected chi connectivity index (χ2v) is 4.31. The fourth-order valence-electron chi connectivity index (χ4n) is 1.94. The van der Waals surface area contributed by atoms with Crippen molar-refractivity contribution in [2.45, 2.75) is 34.1 Å². The van der Waals surface area contributed by atoms with E-state index in [1.807, 2.05) is 20.8 Å². The van der Waals surface area contributed by atoms with Gasteiger partial charge in [-0.15, -0.1) is 0 Å². The van der Waals surface area contributed by atoms with E-state index >= 15 is 0 Å². The van der Waals surface area contributed by atoms with Crippen LogP contribution in [0.15, 0.2) is 17.8 Å². The van der Waals surface area contributed by atoms with Crippen molar-refractivity contribution < 1.29 is 4.39 Å². The van der Waals surface area contributed by atoms with Gasteiger partial charge in [-0.3, -0.25) is 4.98 Å². The number of aromatic nitrogens is 1. The Morgan fingerprint density at radius 2 is 2.18 bits per heavy atom. The molecule has 1 rings (SSSR count). The van der Waals surface area contributed by atoms with Gasteiger partial charge in [0, 0.05) is 11.3 Å². The van der Waals surface area contributed by atoms with Crippen molar-refractivity contribution in [1.29, 1.82) is 5.26 Å². The van der Waals surface area contributed by atoms with Crippen molar-refractivity contribution in [1.82, 2.24) is 4.98 Å². The fraction of sp³-hybridized carbons (Fsp3) is 0.429. The van der Waals surface area contributed by atoms with Crippen LogP contribution in [-0.4, -0.2) is 4.98 Å². The SMILES string of the molecule is CCC(=C(C#N)c1cc(F)cnc1C)C(C)C. The van der Waals surface area contributed by atoms with Crippen LogP contribution in [-0.2, 0) is 0 Å². The summed E-state index contributed by atoms with van der Waals surface area (Å²) >= 11 is 0. The highest BCUT2D eigenvalue weighted by atomic mass is 19.1. The van der Waals surface area contributed by atoms with Gasteiger partial charge >= 0.3 is 0 Å².